The van der Waals surface area contributed by atoms with Crippen LogP contribution in [0.3, 0.4) is 0 Å². The molecule has 1 N–H and O–H groups in total. The third-order valence-corrected chi connectivity index (χ3v) is 3.91. The molecule has 0 saturated heterocycles. The number of hydrogen-bond acceptors (Lipinski definition) is 3. The summed E-state index contributed by atoms with van der Waals surface area (Å²) in [5.41, 5.74) is 2.02. The van der Waals surface area contributed by atoms with Crippen molar-refractivity contribution in [2.75, 3.05) is 6.54 Å². The van der Waals surface area contributed by atoms with Crippen LogP contribution in [0.25, 0.3) is 0 Å². The van der Waals surface area contributed by atoms with E-state index in [9.17, 15) is 4.79 Å². The van der Waals surface area contributed by atoms with Crippen molar-refractivity contribution in [3.05, 3.63) is 51.9 Å². The van der Waals surface area contributed by atoms with Crippen LogP contribution in [0.15, 0.2) is 28.7 Å². The highest BCUT2D eigenvalue weighted by molar-refractivity contribution is 6.31. The molecule has 2 aromatic rings. The molecule has 0 saturated carbocycles. The fraction of sp³-hybridized carbons (Fsp3) is 0.389. The van der Waals surface area contributed by atoms with E-state index in [0.717, 1.165) is 21.9 Å². The fourth-order valence-electron chi connectivity index (χ4n) is 2.22. The van der Waals surface area contributed by atoms with Crippen LogP contribution in [0.4, 0.5) is 0 Å². The Bertz CT molecular complexity index is 692. The molecule has 0 fully saturated rings. The lowest BCUT2D eigenvalue weighted by Crippen LogP contribution is -2.21. The van der Waals surface area contributed by atoms with Gasteiger partial charge in [-0.25, -0.2) is 0 Å². The van der Waals surface area contributed by atoms with Crippen LogP contribution >= 0.6 is 11.6 Å². The first-order valence-electron chi connectivity index (χ1n) is 7.72. The van der Waals surface area contributed by atoms with Crippen LogP contribution in [0.1, 0.15) is 54.1 Å². The monoisotopic (exact) mass is 335 g/mol. The zero-order chi connectivity index (χ0) is 17.0. The van der Waals surface area contributed by atoms with E-state index in [2.05, 4.69) is 19.2 Å². The minimum atomic E-state index is -0.219. The topological polar surface area (TPSA) is 51.5 Å². The van der Waals surface area contributed by atoms with Gasteiger partial charge in [-0.05, 0) is 55.2 Å². The zero-order valence-electron chi connectivity index (χ0n) is 13.9. The lowest BCUT2D eigenvalue weighted by molar-refractivity contribution is 0.0924. The van der Waals surface area contributed by atoms with Crippen LogP contribution < -0.4 is 10.1 Å². The first-order valence-corrected chi connectivity index (χ1v) is 8.10. The Kier molecular flexibility index (Phi) is 5.72. The molecule has 2 rings (SSSR count). The normalized spacial score (nSPS) is 10.9. The van der Waals surface area contributed by atoms with E-state index in [0.29, 0.717) is 24.0 Å². The second-order valence-corrected chi connectivity index (χ2v) is 6.12. The van der Waals surface area contributed by atoms with Crippen molar-refractivity contribution < 1.29 is 13.9 Å². The summed E-state index contributed by atoms with van der Waals surface area (Å²) in [5.74, 6) is 1.77. The summed E-state index contributed by atoms with van der Waals surface area (Å²) in [5, 5.41) is 3.43. The first kappa shape index (κ1) is 17.4. The van der Waals surface area contributed by atoms with Crippen LogP contribution in [0, 0.1) is 6.92 Å². The Balaban J connectivity index is 2.12. The van der Waals surface area contributed by atoms with Crippen molar-refractivity contribution in [3.63, 3.8) is 0 Å². The van der Waals surface area contributed by atoms with Crippen molar-refractivity contribution >= 4 is 17.5 Å². The van der Waals surface area contributed by atoms with Gasteiger partial charge >= 0.3 is 0 Å². The van der Waals surface area contributed by atoms with Crippen molar-refractivity contribution in [3.8, 4) is 5.75 Å². The molecule has 4 nitrogen and oxygen atoms in total. The van der Waals surface area contributed by atoms with Gasteiger partial charge in [0.2, 0.25) is 0 Å². The summed E-state index contributed by atoms with van der Waals surface area (Å²) < 4.78 is 11.4. The molecule has 1 heterocycles. The minimum absolute atomic E-state index is 0.219. The van der Waals surface area contributed by atoms with Crippen molar-refractivity contribution in [1.29, 1.82) is 0 Å². The Morgan fingerprint density at radius 3 is 2.74 bits per heavy atom. The Labute approximate surface area is 141 Å². The van der Waals surface area contributed by atoms with Gasteiger partial charge in [-0.1, -0.05) is 25.4 Å². The predicted octanol–water partition coefficient (Wildman–Crippen LogP) is 4.69. The van der Waals surface area contributed by atoms with Gasteiger partial charge in [0.05, 0.1) is 0 Å². The summed E-state index contributed by atoms with van der Waals surface area (Å²) in [4.78, 5) is 11.7. The van der Waals surface area contributed by atoms with E-state index in [1.165, 1.54) is 0 Å². The van der Waals surface area contributed by atoms with E-state index in [-0.39, 0.29) is 12.5 Å². The molecule has 0 aliphatic carbocycles. The summed E-state index contributed by atoms with van der Waals surface area (Å²) in [7, 11) is 0. The van der Waals surface area contributed by atoms with E-state index >= 15 is 0 Å². The number of benzene rings is 1. The molecule has 1 aromatic carbocycles. The molecule has 0 aliphatic rings. The number of hydrogen-bond donors (Lipinski definition) is 1. The molecule has 23 heavy (non-hydrogen) atoms. The molecule has 0 unspecified atom stereocenters. The molecule has 0 atom stereocenters. The number of nitrogens with one attached hydrogen (secondary N) is 1. The highest BCUT2D eigenvalue weighted by Crippen LogP contribution is 2.32. The van der Waals surface area contributed by atoms with Gasteiger partial charge in [-0.3, -0.25) is 4.79 Å². The van der Waals surface area contributed by atoms with Crippen molar-refractivity contribution in [2.24, 2.45) is 0 Å². The second-order valence-electron chi connectivity index (χ2n) is 5.71. The lowest BCUT2D eigenvalue weighted by Gasteiger charge is -2.15. The molecule has 1 amide bonds. The van der Waals surface area contributed by atoms with Crippen LogP contribution in [-0.4, -0.2) is 12.5 Å². The van der Waals surface area contributed by atoms with Crippen molar-refractivity contribution in [1.82, 2.24) is 5.32 Å². The van der Waals surface area contributed by atoms with Gasteiger partial charge < -0.3 is 14.5 Å². The van der Waals surface area contributed by atoms with Crippen LogP contribution in [-0.2, 0) is 6.61 Å². The first-order chi connectivity index (χ1) is 10.9. The van der Waals surface area contributed by atoms with E-state index in [1.807, 2.05) is 26.0 Å². The summed E-state index contributed by atoms with van der Waals surface area (Å²) in [6, 6.07) is 7.28. The van der Waals surface area contributed by atoms with Crippen LogP contribution in [0.5, 0.6) is 5.75 Å². The standard InChI is InChI=1S/C18H22ClNO3/c1-5-20-18(21)16-7-6-13(23-16)10-22-17-8-12(4)15(19)9-14(17)11(2)3/h6-9,11H,5,10H2,1-4H3,(H,20,21). The number of amides is 1. The number of carbonyl (C=O) groups is 1. The summed E-state index contributed by atoms with van der Waals surface area (Å²) in [6.45, 7) is 8.82. The number of carbonyl (C=O) groups excluding carboxylic acids is 1. The van der Waals surface area contributed by atoms with Gasteiger partial charge in [-0.2, -0.15) is 0 Å². The van der Waals surface area contributed by atoms with Crippen LogP contribution in [0.2, 0.25) is 5.02 Å². The maximum atomic E-state index is 11.7. The lowest BCUT2D eigenvalue weighted by atomic mass is 10.0. The van der Waals surface area contributed by atoms with Gasteiger partial charge in [0.1, 0.15) is 18.1 Å². The van der Waals surface area contributed by atoms with Crippen molar-refractivity contribution in [2.45, 2.75) is 40.2 Å². The fourth-order valence-corrected chi connectivity index (χ4v) is 2.39. The third-order valence-electron chi connectivity index (χ3n) is 3.51. The Morgan fingerprint density at radius 1 is 1.35 bits per heavy atom. The Morgan fingerprint density at radius 2 is 2.09 bits per heavy atom. The second kappa shape index (κ2) is 7.55. The van der Waals surface area contributed by atoms with Gasteiger partial charge in [0.25, 0.3) is 5.91 Å². The molecule has 124 valence electrons. The number of aryl methyl sites for hydroxylation is 1. The number of rotatable bonds is 6. The highest BCUT2D eigenvalue weighted by atomic mass is 35.5. The average molecular weight is 336 g/mol. The SMILES string of the molecule is CCNC(=O)c1ccc(COc2cc(C)c(Cl)cc2C(C)C)o1. The van der Waals surface area contributed by atoms with Gasteiger partial charge in [-0.15, -0.1) is 0 Å². The minimum Gasteiger partial charge on any atom is -0.485 e. The van der Waals surface area contributed by atoms with E-state index in [1.54, 1.807) is 12.1 Å². The van der Waals surface area contributed by atoms with Gasteiger partial charge in [0.15, 0.2) is 5.76 Å². The summed E-state index contributed by atoms with van der Waals surface area (Å²) in [6.07, 6.45) is 0. The molecule has 0 spiro atoms. The number of furan rings is 1. The third kappa shape index (κ3) is 4.29. The maximum absolute atomic E-state index is 11.7. The number of ether oxygens (including phenoxy) is 1. The zero-order valence-corrected chi connectivity index (χ0v) is 14.7. The molecule has 0 radical (unpaired) electrons. The van der Waals surface area contributed by atoms with Gasteiger partial charge in [0, 0.05) is 11.6 Å². The molecular weight excluding hydrogens is 314 g/mol. The summed E-state index contributed by atoms with van der Waals surface area (Å²) >= 11 is 6.20. The predicted molar refractivity (Wildman–Crippen MR) is 91.3 cm³/mol. The molecule has 1 aromatic heterocycles. The largest absolute Gasteiger partial charge is 0.485 e. The molecule has 0 bridgehead atoms. The number of halogens is 1. The highest BCUT2D eigenvalue weighted by Gasteiger charge is 2.13. The molecule has 0 aliphatic heterocycles. The smallest absolute Gasteiger partial charge is 0.286 e. The quantitative estimate of drug-likeness (QED) is 0.832. The maximum Gasteiger partial charge on any atom is 0.286 e. The molecular formula is C18H22ClNO3. The van der Waals surface area contributed by atoms with E-state index in [4.69, 9.17) is 20.8 Å². The van der Waals surface area contributed by atoms with E-state index < -0.39 is 0 Å². The average Bonchev–Trinajstić information content (AvgIpc) is 2.97. The molecule has 5 heteroatoms. The Hall–Kier alpha value is -1.94.